The molecule has 0 atom stereocenters. The highest BCUT2D eigenvalue weighted by Gasteiger charge is 1.87. The van der Waals surface area contributed by atoms with Crippen molar-refractivity contribution in [2.75, 3.05) is 40.5 Å². The smallest absolute Gasteiger partial charge is 0.150 e. The number of hydrogen-bond acceptors (Lipinski definition) is 7. The van der Waals surface area contributed by atoms with Crippen LogP contribution < -0.4 is 16.8 Å². The standard InChI is InChI=1S/C6H17N3O4/c7-1-10-5-12-3-9-4-13-6-11-2-8/h9H,1-8H2. The zero-order chi connectivity index (χ0) is 9.78. The molecule has 13 heavy (non-hydrogen) atoms. The normalized spacial score (nSPS) is 10.6. The van der Waals surface area contributed by atoms with Gasteiger partial charge in [0.25, 0.3) is 0 Å². The maximum absolute atomic E-state index is 5.05. The van der Waals surface area contributed by atoms with Gasteiger partial charge < -0.3 is 30.4 Å². The topological polar surface area (TPSA) is 101 Å². The molecule has 0 amide bonds. The van der Waals surface area contributed by atoms with E-state index in [1.807, 2.05) is 0 Å². The summed E-state index contributed by atoms with van der Waals surface area (Å²) in [5, 5.41) is 2.82. The van der Waals surface area contributed by atoms with Gasteiger partial charge in [-0.25, -0.2) is 0 Å². The van der Waals surface area contributed by atoms with Gasteiger partial charge in [0.15, 0.2) is 0 Å². The average molecular weight is 195 g/mol. The van der Waals surface area contributed by atoms with Gasteiger partial charge >= 0.3 is 0 Å². The first kappa shape index (κ1) is 12.7. The van der Waals surface area contributed by atoms with Gasteiger partial charge in [-0.2, -0.15) is 0 Å². The van der Waals surface area contributed by atoms with Gasteiger partial charge in [-0.1, -0.05) is 0 Å². The summed E-state index contributed by atoms with van der Waals surface area (Å²) < 4.78 is 19.3. The second-order valence-electron chi connectivity index (χ2n) is 1.92. The van der Waals surface area contributed by atoms with E-state index < -0.39 is 0 Å². The van der Waals surface area contributed by atoms with E-state index in [9.17, 15) is 0 Å². The molecule has 0 aromatic rings. The Bertz CT molecular complexity index is 85.9. The van der Waals surface area contributed by atoms with Crippen LogP contribution in [0.15, 0.2) is 0 Å². The van der Waals surface area contributed by atoms with Gasteiger partial charge in [0, 0.05) is 0 Å². The first-order chi connectivity index (χ1) is 6.41. The van der Waals surface area contributed by atoms with Crippen molar-refractivity contribution in [1.29, 1.82) is 0 Å². The molecule has 0 aliphatic heterocycles. The zero-order valence-corrected chi connectivity index (χ0v) is 7.53. The molecule has 5 N–H and O–H groups in total. The number of nitrogens with two attached hydrogens (primary N) is 2. The van der Waals surface area contributed by atoms with Gasteiger partial charge in [-0.3, -0.25) is 5.32 Å². The molecular formula is C6H17N3O4. The van der Waals surface area contributed by atoms with Gasteiger partial charge in [0.2, 0.25) is 0 Å². The predicted octanol–water partition coefficient (Wildman–Crippen LogP) is -1.70. The van der Waals surface area contributed by atoms with E-state index >= 15 is 0 Å². The molecule has 0 aromatic heterocycles. The Hall–Kier alpha value is -0.280. The molecule has 7 nitrogen and oxygen atoms in total. The molecule has 0 spiro atoms. The summed E-state index contributed by atoms with van der Waals surface area (Å²) in [7, 11) is 0. The van der Waals surface area contributed by atoms with Crippen LogP contribution in [0.2, 0.25) is 0 Å². The third-order valence-corrected chi connectivity index (χ3v) is 0.977. The maximum Gasteiger partial charge on any atom is 0.150 e. The molecule has 0 aliphatic rings. The highest BCUT2D eigenvalue weighted by Crippen LogP contribution is 1.75. The average Bonchev–Trinajstić information content (AvgIpc) is 2.16. The highest BCUT2D eigenvalue weighted by molar-refractivity contribution is 4.22. The van der Waals surface area contributed by atoms with Crippen molar-refractivity contribution >= 4 is 0 Å². The molecule has 80 valence electrons. The fourth-order valence-corrected chi connectivity index (χ4v) is 0.483. The molecule has 0 heterocycles. The summed E-state index contributed by atoms with van der Waals surface area (Å²) >= 11 is 0. The predicted molar refractivity (Wildman–Crippen MR) is 45.1 cm³/mol. The van der Waals surface area contributed by atoms with Crippen LogP contribution in [0.25, 0.3) is 0 Å². The second-order valence-corrected chi connectivity index (χ2v) is 1.92. The summed E-state index contributed by atoms with van der Waals surface area (Å²) in [6.07, 6.45) is 0. The van der Waals surface area contributed by atoms with Crippen molar-refractivity contribution in [3.8, 4) is 0 Å². The molecule has 0 bridgehead atoms. The lowest BCUT2D eigenvalue weighted by Crippen LogP contribution is -2.23. The quantitative estimate of drug-likeness (QED) is 0.282. The minimum absolute atomic E-state index is 0.154. The third-order valence-electron chi connectivity index (χ3n) is 0.977. The largest absolute Gasteiger partial charge is 0.340 e. The SMILES string of the molecule is NCOCOCNCOCOCN. The number of hydrogen-bond donors (Lipinski definition) is 3. The van der Waals surface area contributed by atoms with Crippen molar-refractivity contribution < 1.29 is 18.9 Å². The lowest BCUT2D eigenvalue weighted by atomic mass is 11.0. The van der Waals surface area contributed by atoms with Crippen LogP contribution in [-0.2, 0) is 18.9 Å². The van der Waals surface area contributed by atoms with E-state index in [4.69, 9.17) is 30.4 Å². The monoisotopic (exact) mass is 195 g/mol. The van der Waals surface area contributed by atoms with Crippen molar-refractivity contribution in [2.24, 2.45) is 11.5 Å². The molecule has 0 rings (SSSR count). The Balaban J connectivity index is 2.76. The van der Waals surface area contributed by atoms with Gasteiger partial charge in [-0.05, 0) is 0 Å². The molecule has 0 saturated heterocycles. The van der Waals surface area contributed by atoms with Crippen molar-refractivity contribution in [2.45, 2.75) is 0 Å². The molecule has 7 heteroatoms. The highest BCUT2D eigenvalue weighted by atomic mass is 16.7. The molecule has 0 radical (unpaired) electrons. The zero-order valence-electron chi connectivity index (χ0n) is 7.53. The Kier molecular flexibility index (Phi) is 11.5. The fraction of sp³-hybridized carbons (Fsp3) is 1.00. The fourth-order valence-electron chi connectivity index (χ4n) is 0.483. The minimum atomic E-state index is 0.154. The molecule has 0 aromatic carbocycles. The number of nitrogens with one attached hydrogen (secondary N) is 1. The molecule has 0 aliphatic carbocycles. The Morgan fingerprint density at radius 1 is 0.769 bits per heavy atom. The summed E-state index contributed by atoms with van der Waals surface area (Å²) in [5.41, 5.74) is 10.1. The lowest BCUT2D eigenvalue weighted by Gasteiger charge is -2.06. The molecule has 0 fully saturated rings. The van der Waals surface area contributed by atoms with E-state index in [0.717, 1.165) is 0 Å². The Morgan fingerprint density at radius 2 is 1.23 bits per heavy atom. The van der Waals surface area contributed by atoms with Crippen molar-refractivity contribution in [1.82, 2.24) is 5.32 Å². The van der Waals surface area contributed by atoms with E-state index in [1.165, 1.54) is 0 Å². The van der Waals surface area contributed by atoms with Crippen LogP contribution >= 0.6 is 0 Å². The first-order valence-corrected chi connectivity index (χ1v) is 3.83. The van der Waals surface area contributed by atoms with Gasteiger partial charge in [-0.15, -0.1) is 0 Å². The van der Waals surface area contributed by atoms with Crippen molar-refractivity contribution in [3.63, 3.8) is 0 Å². The van der Waals surface area contributed by atoms with Crippen LogP contribution in [0.1, 0.15) is 0 Å². The first-order valence-electron chi connectivity index (χ1n) is 3.83. The summed E-state index contributed by atoms with van der Waals surface area (Å²) in [6, 6.07) is 0. The van der Waals surface area contributed by atoms with Crippen LogP contribution in [-0.4, -0.2) is 40.5 Å². The van der Waals surface area contributed by atoms with Crippen LogP contribution in [0.5, 0.6) is 0 Å². The van der Waals surface area contributed by atoms with Gasteiger partial charge in [0.05, 0.1) is 13.5 Å². The van der Waals surface area contributed by atoms with Crippen LogP contribution in [0.3, 0.4) is 0 Å². The second kappa shape index (κ2) is 11.7. The lowest BCUT2D eigenvalue weighted by molar-refractivity contribution is -0.0849. The summed E-state index contributed by atoms with van der Waals surface area (Å²) in [6.45, 7) is 1.32. The van der Waals surface area contributed by atoms with Crippen LogP contribution in [0, 0.1) is 0 Å². The molecule has 0 saturated carbocycles. The van der Waals surface area contributed by atoms with E-state index in [0.29, 0.717) is 13.5 Å². The van der Waals surface area contributed by atoms with Gasteiger partial charge in [0.1, 0.15) is 27.0 Å². The number of rotatable bonds is 10. The summed E-state index contributed by atoms with van der Waals surface area (Å²) in [5.74, 6) is 0. The maximum atomic E-state index is 5.05. The minimum Gasteiger partial charge on any atom is -0.340 e. The van der Waals surface area contributed by atoms with E-state index in [2.05, 4.69) is 5.32 Å². The Morgan fingerprint density at radius 3 is 1.62 bits per heavy atom. The van der Waals surface area contributed by atoms with Crippen LogP contribution in [0.4, 0.5) is 0 Å². The Labute approximate surface area is 77.2 Å². The van der Waals surface area contributed by atoms with E-state index in [1.54, 1.807) is 0 Å². The summed E-state index contributed by atoms with van der Waals surface area (Å²) in [4.78, 5) is 0. The number of ether oxygens (including phenoxy) is 4. The molecular weight excluding hydrogens is 178 g/mol. The van der Waals surface area contributed by atoms with E-state index in [-0.39, 0.29) is 27.0 Å². The molecule has 0 unspecified atom stereocenters. The van der Waals surface area contributed by atoms with Crippen molar-refractivity contribution in [3.05, 3.63) is 0 Å². The third kappa shape index (κ3) is 11.7.